The molecule has 0 spiro atoms. The van der Waals surface area contributed by atoms with Gasteiger partial charge in [-0.25, -0.2) is 4.79 Å². The highest BCUT2D eigenvalue weighted by Gasteiger charge is 2.36. The first kappa shape index (κ1) is 15.9. The summed E-state index contributed by atoms with van der Waals surface area (Å²) in [7, 11) is 0. The standard InChI is InChI=1S/C16H19ClN2O4/c1-16(2)7-8-3-4-11(17)12(13(8)23-16)19-15(22)18-10-5-9(6-10)14(20)21/h3-4,9-10H,5-7H2,1-2H3,(H,20,21)(H2,18,19,22). The number of halogens is 1. The Bertz CT molecular complexity index is 668. The molecule has 2 aliphatic rings. The second-order valence-corrected chi connectivity index (χ2v) is 7.16. The number of rotatable bonds is 3. The summed E-state index contributed by atoms with van der Waals surface area (Å²) >= 11 is 6.19. The molecule has 0 unspecified atom stereocenters. The fourth-order valence-corrected chi connectivity index (χ4v) is 3.21. The van der Waals surface area contributed by atoms with Gasteiger partial charge in [-0.1, -0.05) is 17.7 Å². The van der Waals surface area contributed by atoms with Gasteiger partial charge >= 0.3 is 12.0 Å². The summed E-state index contributed by atoms with van der Waals surface area (Å²) in [6.45, 7) is 3.95. The van der Waals surface area contributed by atoms with Crippen molar-refractivity contribution in [2.45, 2.75) is 44.8 Å². The van der Waals surface area contributed by atoms with Crippen LogP contribution in [0.3, 0.4) is 0 Å². The van der Waals surface area contributed by atoms with Crippen LogP contribution in [-0.4, -0.2) is 28.7 Å². The second kappa shape index (κ2) is 5.60. The highest BCUT2D eigenvalue weighted by atomic mass is 35.5. The number of carboxylic acid groups (broad SMARTS) is 1. The molecule has 7 heteroatoms. The number of aliphatic carboxylic acids is 1. The average Bonchev–Trinajstić information content (AvgIpc) is 2.71. The molecule has 0 atom stereocenters. The minimum Gasteiger partial charge on any atom is -0.485 e. The van der Waals surface area contributed by atoms with Gasteiger partial charge in [0.05, 0.1) is 10.9 Å². The Morgan fingerprint density at radius 2 is 2.04 bits per heavy atom. The van der Waals surface area contributed by atoms with Crippen LogP contribution in [0.4, 0.5) is 10.5 Å². The van der Waals surface area contributed by atoms with Crippen LogP contribution < -0.4 is 15.4 Å². The van der Waals surface area contributed by atoms with Crippen LogP contribution in [0.15, 0.2) is 12.1 Å². The van der Waals surface area contributed by atoms with Gasteiger partial charge in [-0.3, -0.25) is 4.79 Å². The maximum absolute atomic E-state index is 12.1. The van der Waals surface area contributed by atoms with E-state index in [9.17, 15) is 9.59 Å². The first-order chi connectivity index (χ1) is 10.7. The molecule has 0 bridgehead atoms. The SMILES string of the molecule is CC1(C)Cc2ccc(Cl)c(NC(=O)NC3CC(C(=O)O)C3)c2O1. The summed E-state index contributed by atoms with van der Waals surface area (Å²) in [4.78, 5) is 22.9. The molecule has 0 saturated heterocycles. The zero-order valence-electron chi connectivity index (χ0n) is 13.0. The molecule has 0 radical (unpaired) electrons. The highest BCUT2D eigenvalue weighted by molar-refractivity contribution is 6.34. The monoisotopic (exact) mass is 338 g/mol. The Kier molecular flexibility index (Phi) is 3.88. The van der Waals surface area contributed by atoms with Crippen LogP contribution in [0.1, 0.15) is 32.3 Å². The fraction of sp³-hybridized carbons (Fsp3) is 0.500. The predicted molar refractivity (Wildman–Crippen MR) is 86.2 cm³/mol. The predicted octanol–water partition coefficient (Wildman–Crippen LogP) is 3.04. The number of nitrogens with one attached hydrogen (secondary N) is 2. The molecule has 6 nitrogen and oxygen atoms in total. The van der Waals surface area contributed by atoms with Gasteiger partial charge in [-0.2, -0.15) is 0 Å². The van der Waals surface area contributed by atoms with Crippen molar-refractivity contribution >= 4 is 29.3 Å². The number of benzene rings is 1. The maximum atomic E-state index is 12.1. The van der Waals surface area contributed by atoms with E-state index in [1.54, 1.807) is 6.07 Å². The maximum Gasteiger partial charge on any atom is 0.319 e. The van der Waals surface area contributed by atoms with Crippen LogP contribution >= 0.6 is 11.6 Å². The van der Waals surface area contributed by atoms with Gasteiger partial charge in [-0.15, -0.1) is 0 Å². The fourth-order valence-electron chi connectivity index (χ4n) is 3.02. The zero-order chi connectivity index (χ0) is 16.8. The number of ether oxygens (including phenoxy) is 1. The number of carbonyl (C=O) groups excluding carboxylic acids is 1. The van der Waals surface area contributed by atoms with Crippen molar-refractivity contribution < 1.29 is 19.4 Å². The average molecular weight is 339 g/mol. The first-order valence-corrected chi connectivity index (χ1v) is 7.94. The van der Waals surface area contributed by atoms with Gasteiger partial charge in [-0.05, 0) is 32.8 Å². The number of anilines is 1. The summed E-state index contributed by atoms with van der Waals surface area (Å²) in [6, 6.07) is 3.12. The van der Waals surface area contributed by atoms with Gasteiger partial charge in [0.25, 0.3) is 0 Å². The Morgan fingerprint density at radius 1 is 1.35 bits per heavy atom. The summed E-state index contributed by atoms with van der Waals surface area (Å²) < 4.78 is 5.90. The van der Waals surface area contributed by atoms with Gasteiger partial charge in [0.15, 0.2) is 0 Å². The summed E-state index contributed by atoms with van der Waals surface area (Å²) in [6.07, 6.45) is 1.65. The number of urea groups is 1. The molecular weight excluding hydrogens is 320 g/mol. The molecule has 23 heavy (non-hydrogen) atoms. The normalized spacial score (nSPS) is 24.1. The molecule has 3 rings (SSSR count). The van der Waals surface area contributed by atoms with Crippen LogP contribution in [0.25, 0.3) is 0 Å². The molecular formula is C16H19ClN2O4. The second-order valence-electron chi connectivity index (χ2n) is 6.75. The highest BCUT2D eigenvalue weighted by Crippen LogP contribution is 2.44. The van der Waals surface area contributed by atoms with E-state index in [0.717, 1.165) is 12.0 Å². The number of carboxylic acids is 1. The molecule has 1 heterocycles. The molecule has 124 valence electrons. The van der Waals surface area contributed by atoms with Gasteiger partial charge in [0, 0.05) is 18.0 Å². The van der Waals surface area contributed by atoms with Crippen molar-refractivity contribution in [3.05, 3.63) is 22.7 Å². The van der Waals surface area contributed by atoms with Crippen LogP contribution in [-0.2, 0) is 11.2 Å². The van der Waals surface area contributed by atoms with E-state index in [4.69, 9.17) is 21.4 Å². The van der Waals surface area contributed by atoms with E-state index in [1.165, 1.54) is 0 Å². The van der Waals surface area contributed by atoms with E-state index in [0.29, 0.717) is 29.3 Å². The lowest BCUT2D eigenvalue weighted by molar-refractivity contribution is -0.145. The van der Waals surface area contributed by atoms with Crippen molar-refractivity contribution in [1.82, 2.24) is 5.32 Å². The molecule has 1 fully saturated rings. The van der Waals surface area contributed by atoms with Crippen LogP contribution in [0, 0.1) is 5.92 Å². The van der Waals surface area contributed by atoms with Crippen molar-refractivity contribution in [3.8, 4) is 5.75 Å². The number of hydrogen-bond acceptors (Lipinski definition) is 3. The van der Waals surface area contributed by atoms with E-state index >= 15 is 0 Å². The minimum absolute atomic E-state index is 0.121. The molecule has 1 aliphatic carbocycles. The lowest BCUT2D eigenvalue weighted by Crippen LogP contribution is -2.48. The van der Waals surface area contributed by atoms with Gasteiger partial charge in [0.1, 0.15) is 17.0 Å². The summed E-state index contributed by atoms with van der Waals surface area (Å²) in [5.74, 6) is -0.577. The molecule has 1 saturated carbocycles. The molecule has 1 aromatic rings. The van der Waals surface area contributed by atoms with E-state index in [2.05, 4.69) is 10.6 Å². The van der Waals surface area contributed by atoms with Crippen molar-refractivity contribution in [2.24, 2.45) is 5.92 Å². The molecule has 0 aromatic heterocycles. The Morgan fingerprint density at radius 3 is 2.70 bits per heavy atom. The molecule has 2 amide bonds. The van der Waals surface area contributed by atoms with Crippen LogP contribution in [0.5, 0.6) is 5.75 Å². The lowest BCUT2D eigenvalue weighted by atomic mass is 9.80. The van der Waals surface area contributed by atoms with E-state index in [-0.39, 0.29) is 17.6 Å². The Labute approximate surface area is 139 Å². The quantitative estimate of drug-likeness (QED) is 0.790. The van der Waals surface area contributed by atoms with Crippen molar-refractivity contribution in [1.29, 1.82) is 0 Å². The lowest BCUT2D eigenvalue weighted by Gasteiger charge is -2.32. The molecule has 1 aromatic carbocycles. The molecule has 1 aliphatic heterocycles. The largest absolute Gasteiger partial charge is 0.485 e. The summed E-state index contributed by atoms with van der Waals surface area (Å²) in [5.41, 5.74) is 1.13. The molecule has 3 N–H and O–H groups in total. The van der Waals surface area contributed by atoms with Crippen LogP contribution in [0.2, 0.25) is 5.02 Å². The Hall–Kier alpha value is -1.95. The van der Waals surface area contributed by atoms with Crippen molar-refractivity contribution in [2.75, 3.05) is 5.32 Å². The number of hydrogen-bond donors (Lipinski definition) is 3. The summed E-state index contributed by atoms with van der Waals surface area (Å²) in [5, 5.41) is 14.8. The first-order valence-electron chi connectivity index (χ1n) is 7.56. The third-order valence-electron chi connectivity index (χ3n) is 4.24. The van der Waals surface area contributed by atoms with E-state index < -0.39 is 12.0 Å². The zero-order valence-corrected chi connectivity index (χ0v) is 13.7. The number of carbonyl (C=O) groups is 2. The third kappa shape index (κ3) is 3.22. The topological polar surface area (TPSA) is 87.7 Å². The van der Waals surface area contributed by atoms with Gasteiger partial charge in [0.2, 0.25) is 0 Å². The smallest absolute Gasteiger partial charge is 0.319 e. The third-order valence-corrected chi connectivity index (χ3v) is 4.56. The Balaban J connectivity index is 1.66. The van der Waals surface area contributed by atoms with E-state index in [1.807, 2.05) is 19.9 Å². The number of fused-ring (bicyclic) bond motifs is 1. The number of amides is 2. The van der Waals surface area contributed by atoms with Crippen molar-refractivity contribution in [3.63, 3.8) is 0 Å². The van der Waals surface area contributed by atoms with Gasteiger partial charge < -0.3 is 20.5 Å². The minimum atomic E-state index is -0.817.